The van der Waals surface area contributed by atoms with Crippen LogP contribution in [0.25, 0.3) is 22.2 Å². The van der Waals surface area contributed by atoms with Gasteiger partial charge in [-0.15, -0.1) is 10.2 Å². The van der Waals surface area contributed by atoms with Crippen LogP contribution in [0.4, 0.5) is 5.13 Å². The third kappa shape index (κ3) is 2.85. The highest BCUT2D eigenvalue weighted by Crippen LogP contribution is 2.36. The summed E-state index contributed by atoms with van der Waals surface area (Å²) in [6.45, 7) is 0.208. The highest BCUT2D eigenvalue weighted by atomic mass is 32.1. The molecule has 0 saturated carbocycles. The van der Waals surface area contributed by atoms with Crippen molar-refractivity contribution < 1.29 is 14.3 Å². The maximum Gasteiger partial charge on any atom is 0.258 e. The summed E-state index contributed by atoms with van der Waals surface area (Å²) in [4.78, 5) is 17.6. The number of hydrogen-bond acceptors (Lipinski definition) is 7. The molecule has 1 N–H and O–H groups in total. The van der Waals surface area contributed by atoms with E-state index < -0.39 is 0 Å². The van der Waals surface area contributed by atoms with Crippen molar-refractivity contribution in [2.75, 3.05) is 12.1 Å². The third-order valence-corrected chi connectivity index (χ3v) is 4.82. The Hall–Kier alpha value is -3.52. The van der Waals surface area contributed by atoms with Gasteiger partial charge in [-0.3, -0.25) is 10.1 Å². The van der Waals surface area contributed by atoms with Crippen LogP contribution in [0, 0.1) is 0 Å². The SMILES string of the molecule is O=C(Nc1nncs1)c1cc(-c2ccc3c(c2)OCO3)nc2ccccc12. The lowest BCUT2D eigenvalue weighted by Crippen LogP contribution is -2.13. The van der Waals surface area contributed by atoms with Gasteiger partial charge in [-0.1, -0.05) is 29.5 Å². The van der Waals surface area contributed by atoms with Crippen LogP contribution in [0.3, 0.4) is 0 Å². The van der Waals surface area contributed by atoms with Gasteiger partial charge in [-0.25, -0.2) is 4.98 Å². The first-order valence-corrected chi connectivity index (χ1v) is 9.03. The number of pyridine rings is 1. The molecule has 132 valence electrons. The van der Waals surface area contributed by atoms with Crippen molar-refractivity contribution in [3.8, 4) is 22.8 Å². The largest absolute Gasteiger partial charge is 0.454 e. The Kier molecular flexibility index (Phi) is 3.68. The molecule has 2 aromatic heterocycles. The quantitative estimate of drug-likeness (QED) is 0.586. The van der Waals surface area contributed by atoms with E-state index in [2.05, 4.69) is 15.5 Å². The summed E-state index contributed by atoms with van der Waals surface area (Å²) in [6, 6.07) is 14.9. The number of amides is 1. The Morgan fingerprint density at radius 2 is 1.96 bits per heavy atom. The average Bonchev–Trinajstić information content (AvgIpc) is 3.38. The highest BCUT2D eigenvalue weighted by molar-refractivity contribution is 7.13. The number of para-hydroxylation sites is 1. The summed E-state index contributed by atoms with van der Waals surface area (Å²) in [5.41, 5.74) is 4.33. The van der Waals surface area contributed by atoms with Crippen molar-refractivity contribution in [3.63, 3.8) is 0 Å². The fourth-order valence-electron chi connectivity index (χ4n) is 2.96. The number of fused-ring (bicyclic) bond motifs is 2. The number of nitrogens with zero attached hydrogens (tertiary/aromatic N) is 3. The molecule has 0 saturated heterocycles. The second-order valence-corrected chi connectivity index (χ2v) is 6.67. The Balaban J connectivity index is 1.63. The zero-order valence-corrected chi connectivity index (χ0v) is 14.7. The third-order valence-electron chi connectivity index (χ3n) is 4.21. The molecule has 0 spiro atoms. The van der Waals surface area contributed by atoms with E-state index in [0.29, 0.717) is 27.9 Å². The van der Waals surface area contributed by atoms with Gasteiger partial charge in [0.2, 0.25) is 11.9 Å². The number of benzene rings is 2. The predicted octanol–water partition coefficient (Wildman–Crippen LogP) is 3.73. The minimum atomic E-state index is -0.257. The van der Waals surface area contributed by atoms with E-state index in [9.17, 15) is 4.79 Å². The van der Waals surface area contributed by atoms with Crippen molar-refractivity contribution in [3.05, 3.63) is 59.6 Å². The van der Waals surface area contributed by atoms with E-state index >= 15 is 0 Å². The van der Waals surface area contributed by atoms with Crippen LogP contribution in [0.2, 0.25) is 0 Å². The number of rotatable bonds is 3. The van der Waals surface area contributed by atoms with Gasteiger partial charge in [0, 0.05) is 10.9 Å². The van der Waals surface area contributed by atoms with Gasteiger partial charge >= 0.3 is 0 Å². The van der Waals surface area contributed by atoms with Gasteiger partial charge in [0.15, 0.2) is 11.5 Å². The minimum absolute atomic E-state index is 0.208. The Bertz CT molecular complexity index is 1160. The first kappa shape index (κ1) is 15.7. The van der Waals surface area contributed by atoms with E-state index in [1.54, 1.807) is 11.6 Å². The molecule has 4 aromatic rings. The molecule has 5 rings (SSSR count). The van der Waals surface area contributed by atoms with Crippen LogP contribution < -0.4 is 14.8 Å². The lowest BCUT2D eigenvalue weighted by atomic mass is 10.0. The lowest BCUT2D eigenvalue weighted by Gasteiger charge is -2.10. The number of carbonyl (C=O) groups is 1. The molecular formula is C19H12N4O3S. The molecule has 1 aliphatic heterocycles. The standard InChI is InChI=1S/C19H12N4O3S/c24-18(22-19-23-20-9-27-19)13-8-15(21-14-4-2-1-3-12(13)14)11-5-6-16-17(7-11)26-10-25-16/h1-9H,10H2,(H,22,23,24). The molecular weight excluding hydrogens is 364 g/mol. The van der Waals surface area contributed by atoms with Crippen LogP contribution in [-0.4, -0.2) is 27.9 Å². The van der Waals surface area contributed by atoms with Gasteiger partial charge in [0.1, 0.15) is 5.51 Å². The molecule has 0 atom stereocenters. The minimum Gasteiger partial charge on any atom is -0.454 e. The maximum atomic E-state index is 12.9. The second-order valence-electron chi connectivity index (χ2n) is 5.84. The van der Waals surface area contributed by atoms with Gasteiger partial charge < -0.3 is 9.47 Å². The molecule has 0 aliphatic carbocycles. The van der Waals surface area contributed by atoms with Crippen LogP contribution in [0.1, 0.15) is 10.4 Å². The van der Waals surface area contributed by atoms with Crippen LogP contribution >= 0.6 is 11.3 Å². The molecule has 1 amide bonds. The molecule has 2 aromatic carbocycles. The van der Waals surface area contributed by atoms with Crippen molar-refractivity contribution in [2.45, 2.75) is 0 Å². The number of nitrogens with one attached hydrogen (secondary N) is 1. The van der Waals surface area contributed by atoms with Gasteiger partial charge in [0.05, 0.1) is 16.8 Å². The monoisotopic (exact) mass is 376 g/mol. The maximum absolute atomic E-state index is 12.9. The van der Waals surface area contributed by atoms with E-state index in [0.717, 1.165) is 16.5 Å². The van der Waals surface area contributed by atoms with Crippen LogP contribution in [0.15, 0.2) is 54.0 Å². The topological polar surface area (TPSA) is 86.2 Å². The summed E-state index contributed by atoms with van der Waals surface area (Å²) >= 11 is 1.27. The molecule has 0 unspecified atom stereocenters. The fourth-order valence-corrected chi connectivity index (χ4v) is 3.40. The predicted molar refractivity (Wildman–Crippen MR) is 101 cm³/mol. The van der Waals surface area contributed by atoms with E-state index in [-0.39, 0.29) is 12.7 Å². The summed E-state index contributed by atoms with van der Waals surface area (Å²) in [6.07, 6.45) is 0. The molecule has 0 bridgehead atoms. The van der Waals surface area contributed by atoms with Crippen molar-refractivity contribution in [1.29, 1.82) is 0 Å². The van der Waals surface area contributed by atoms with Gasteiger partial charge in [-0.05, 0) is 30.3 Å². The fraction of sp³-hybridized carbons (Fsp3) is 0.0526. The highest BCUT2D eigenvalue weighted by Gasteiger charge is 2.18. The number of aromatic nitrogens is 3. The second kappa shape index (κ2) is 6.33. The first-order valence-electron chi connectivity index (χ1n) is 8.15. The van der Waals surface area contributed by atoms with Crippen molar-refractivity contribution in [2.24, 2.45) is 0 Å². The van der Waals surface area contributed by atoms with Crippen molar-refractivity contribution in [1.82, 2.24) is 15.2 Å². The molecule has 27 heavy (non-hydrogen) atoms. The zero-order chi connectivity index (χ0) is 18.2. The van der Waals surface area contributed by atoms with Crippen LogP contribution in [0.5, 0.6) is 11.5 Å². The average molecular weight is 376 g/mol. The molecule has 1 aliphatic rings. The molecule has 0 radical (unpaired) electrons. The Morgan fingerprint density at radius 1 is 1.07 bits per heavy atom. The molecule has 0 fully saturated rings. The summed E-state index contributed by atoms with van der Waals surface area (Å²) < 4.78 is 10.8. The van der Waals surface area contributed by atoms with Gasteiger partial charge in [0.25, 0.3) is 5.91 Å². The molecule has 8 heteroatoms. The molecule has 3 heterocycles. The Morgan fingerprint density at radius 3 is 2.85 bits per heavy atom. The molecule has 7 nitrogen and oxygen atoms in total. The first-order chi connectivity index (χ1) is 13.3. The number of ether oxygens (including phenoxy) is 2. The smallest absolute Gasteiger partial charge is 0.258 e. The van der Waals surface area contributed by atoms with Gasteiger partial charge in [-0.2, -0.15) is 0 Å². The van der Waals surface area contributed by atoms with Crippen LogP contribution in [-0.2, 0) is 0 Å². The zero-order valence-electron chi connectivity index (χ0n) is 13.9. The Labute approximate surface area is 157 Å². The number of hydrogen-bond donors (Lipinski definition) is 1. The lowest BCUT2D eigenvalue weighted by molar-refractivity contribution is 0.102. The summed E-state index contributed by atoms with van der Waals surface area (Å²) in [7, 11) is 0. The van der Waals surface area contributed by atoms with Crippen molar-refractivity contribution >= 4 is 33.3 Å². The van der Waals surface area contributed by atoms with E-state index in [1.807, 2.05) is 42.5 Å². The summed E-state index contributed by atoms with van der Waals surface area (Å²) in [5.74, 6) is 1.11. The number of anilines is 1. The van der Waals surface area contributed by atoms with E-state index in [1.165, 1.54) is 11.3 Å². The summed E-state index contributed by atoms with van der Waals surface area (Å²) in [5, 5.41) is 11.6. The number of carbonyl (C=O) groups excluding carboxylic acids is 1. The van der Waals surface area contributed by atoms with E-state index in [4.69, 9.17) is 14.5 Å². The normalized spacial score (nSPS) is 12.3.